The number of para-hydroxylation sites is 1. The summed E-state index contributed by atoms with van der Waals surface area (Å²) < 4.78 is 0. The van der Waals surface area contributed by atoms with Crippen molar-refractivity contribution in [2.45, 2.75) is 6.92 Å². The average molecular weight is 361 g/mol. The smallest absolute Gasteiger partial charge is 0.298 e. The van der Waals surface area contributed by atoms with E-state index in [9.17, 15) is 20.0 Å². The van der Waals surface area contributed by atoms with Crippen molar-refractivity contribution in [3.63, 3.8) is 0 Å². The number of nitrogens with zero attached hydrogens (tertiary/aromatic N) is 3. The van der Waals surface area contributed by atoms with Crippen LogP contribution in [0.3, 0.4) is 0 Å². The molecule has 0 radical (unpaired) electrons. The lowest BCUT2D eigenvalue weighted by atomic mass is 10.3. The molecule has 2 aromatic rings. The number of halogens is 1. The van der Waals surface area contributed by atoms with E-state index in [4.69, 9.17) is 11.6 Å². The Labute approximate surface area is 147 Å². The van der Waals surface area contributed by atoms with Crippen molar-refractivity contribution >= 4 is 34.6 Å². The highest BCUT2D eigenvalue weighted by atomic mass is 35.5. The fraction of sp³-hybridized carbons (Fsp3) is 0.0625. The van der Waals surface area contributed by atoms with Gasteiger partial charge in [-0.2, -0.15) is 0 Å². The number of benzene rings is 2. The fourth-order valence-electron chi connectivity index (χ4n) is 1.83. The summed E-state index contributed by atoms with van der Waals surface area (Å²) in [5.41, 5.74) is -0.331. The fourth-order valence-corrected chi connectivity index (χ4v) is 1.99. The Morgan fingerprint density at radius 3 is 2.52 bits per heavy atom. The second-order valence-electron chi connectivity index (χ2n) is 4.84. The first kappa shape index (κ1) is 18.1. The minimum Gasteiger partial charge on any atom is -0.510 e. The Balaban J connectivity index is 2.29. The Morgan fingerprint density at radius 2 is 1.92 bits per heavy atom. The third-order valence-corrected chi connectivity index (χ3v) is 3.22. The molecule has 2 aromatic carbocycles. The Bertz CT molecular complexity index is 862. The van der Waals surface area contributed by atoms with Crippen LogP contribution in [0.2, 0.25) is 5.02 Å². The van der Waals surface area contributed by atoms with E-state index in [2.05, 4.69) is 15.5 Å². The monoisotopic (exact) mass is 360 g/mol. The molecular formula is C16H13ClN4O4. The van der Waals surface area contributed by atoms with Gasteiger partial charge in [-0.1, -0.05) is 29.8 Å². The van der Waals surface area contributed by atoms with E-state index in [1.165, 1.54) is 19.1 Å². The van der Waals surface area contributed by atoms with E-state index in [1.807, 2.05) is 0 Å². The Morgan fingerprint density at radius 1 is 1.24 bits per heavy atom. The number of azo groups is 1. The predicted octanol–water partition coefficient (Wildman–Crippen LogP) is 4.76. The maximum atomic E-state index is 12.2. The lowest BCUT2D eigenvalue weighted by Gasteiger charge is -2.05. The summed E-state index contributed by atoms with van der Waals surface area (Å²) in [6.07, 6.45) is 0. The standard InChI is InChI=1S/C16H13ClN4O4/c1-10(22)15(16(23)18-12-5-3-2-4-6-12)20-19-13-8-7-11(17)9-14(13)21(24)25/h2-9,22H,1H3,(H,18,23). The number of aliphatic hydroxyl groups is 1. The zero-order valence-corrected chi connectivity index (χ0v) is 13.8. The second kappa shape index (κ2) is 8.02. The molecule has 2 N–H and O–H groups in total. The third kappa shape index (κ3) is 4.85. The van der Waals surface area contributed by atoms with E-state index >= 15 is 0 Å². The van der Waals surface area contributed by atoms with Gasteiger partial charge in [0.25, 0.3) is 11.6 Å². The normalized spacial score (nSPS) is 11.9. The molecule has 0 aromatic heterocycles. The summed E-state index contributed by atoms with van der Waals surface area (Å²) in [7, 11) is 0. The predicted molar refractivity (Wildman–Crippen MR) is 93.0 cm³/mol. The van der Waals surface area contributed by atoms with Gasteiger partial charge in [0, 0.05) is 16.8 Å². The van der Waals surface area contributed by atoms with Crippen LogP contribution in [0.1, 0.15) is 6.92 Å². The highest BCUT2D eigenvalue weighted by Crippen LogP contribution is 2.31. The third-order valence-electron chi connectivity index (χ3n) is 2.98. The van der Waals surface area contributed by atoms with E-state index in [1.54, 1.807) is 30.3 Å². The summed E-state index contributed by atoms with van der Waals surface area (Å²) in [6, 6.07) is 12.4. The van der Waals surface area contributed by atoms with Gasteiger partial charge in [0.1, 0.15) is 5.76 Å². The molecule has 2 rings (SSSR count). The zero-order chi connectivity index (χ0) is 18.4. The van der Waals surface area contributed by atoms with Gasteiger partial charge < -0.3 is 10.4 Å². The van der Waals surface area contributed by atoms with Crippen LogP contribution in [0.4, 0.5) is 17.1 Å². The summed E-state index contributed by atoms with van der Waals surface area (Å²) in [5.74, 6) is -1.08. The minimum absolute atomic E-state index is 0.0966. The first-order valence-corrected chi connectivity index (χ1v) is 7.38. The summed E-state index contributed by atoms with van der Waals surface area (Å²) in [6.45, 7) is 1.26. The van der Waals surface area contributed by atoms with Crippen LogP contribution in [0.5, 0.6) is 0 Å². The Hall–Kier alpha value is -3.26. The SMILES string of the molecule is CC(O)=C(N=Nc1ccc(Cl)cc1[N+](=O)[O-])C(=O)Nc1ccccc1. The molecular weight excluding hydrogens is 348 g/mol. The van der Waals surface area contributed by atoms with Crippen molar-refractivity contribution in [1.82, 2.24) is 0 Å². The molecule has 128 valence electrons. The number of allylic oxidation sites excluding steroid dienone is 1. The molecule has 25 heavy (non-hydrogen) atoms. The molecule has 0 bridgehead atoms. The van der Waals surface area contributed by atoms with Crippen LogP contribution in [0.15, 0.2) is 70.2 Å². The van der Waals surface area contributed by atoms with Crippen molar-refractivity contribution in [2.75, 3.05) is 5.32 Å². The quantitative estimate of drug-likeness (QED) is 0.263. The van der Waals surface area contributed by atoms with Crippen molar-refractivity contribution in [3.05, 3.63) is 75.1 Å². The molecule has 0 aliphatic heterocycles. The van der Waals surface area contributed by atoms with Gasteiger partial charge in [-0.05, 0) is 31.2 Å². The lowest BCUT2D eigenvalue weighted by molar-refractivity contribution is -0.384. The first-order valence-electron chi connectivity index (χ1n) is 7.00. The topological polar surface area (TPSA) is 117 Å². The van der Waals surface area contributed by atoms with Crippen molar-refractivity contribution in [2.24, 2.45) is 10.2 Å². The lowest BCUT2D eigenvalue weighted by Crippen LogP contribution is -2.14. The molecule has 0 fully saturated rings. The number of hydrogen-bond donors (Lipinski definition) is 2. The van der Waals surface area contributed by atoms with Crippen LogP contribution < -0.4 is 5.32 Å². The number of anilines is 1. The highest BCUT2D eigenvalue weighted by molar-refractivity contribution is 6.30. The number of nitro groups is 1. The molecule has 0 unspecified atom stereocenters. The van der Waals surface area contributed by atoms with Gasteiger partial charge >= 0.3 is 0 Å². The maximum absolute atomic E-state index is 12.2. The largest absolute Gasteiger partial charge is 0.510 e. The van der Waals surface area contributed by atoms with E-state index < -0.39 is 10.8 Å². The number of nitro benzene ring substituents is 1. The molecule has 0 heterocycles. The van der Waals surface area contributed by atoms with E-state index in [-0.39, 0.29) is 27.9 Å². The van der Waals surface area contributed by atoms with Gasteiger partial charge in [0.05, 0.1) is 4.92 Å². The van der Waals surface area contributed by atoms with Crippen molar-refractivity contribution in [1.29, 1.82) is 0 Å². The van der Waals surface area contributed by atoms with Gasteiger partial charge in [-0.25, -0.2) is 0 Å². The van der Waals surface area contributed by atoms with Gasteiger partial charge in [0.15, 0.2) is 11.4 Å². The molecule has 0 saturated heterocycles. The second-order valence-corrected chi connectivity index (χ2v) is 5.28. The van der Waals surface area contributed by atoms with Crippen LogP contribution in [-0.2, 0) is 4.79 Å². The number of amides is 1. The number of carbonyl (C=O) groups is 1. The van der Waals surface area contributed by atoms with Crippen LogP contribution in [-0.4, -0.2) is 15.9 Å². The van der Waals surface area contributed by atoms with E-state index in [0.717, 1.165) is 6.07 Å². The number of hydrogen-bond acceptors (Lipinski definition) is 6. The average Bonchev–Trinajstić information content (AvgIpc) is 2.56. The van der Waals surface area contributed by atoms with Crippen molar-refractivity contribution in [3.8, 4) is 0 Å². The molecule has 8 nitrogen and oxygen atoms in total. The number of aliphatic hydroxyl groups excluding tert-OH is 1. The Kier molecular flexibility index (Phi) is 5.80. The molecule has 1 amide bonds. The van der Waals surface area contributed by atoms with Crippen LogP contribution in [0, 0.1) is 10.1 Å². The number of nitrogens with one attached hydrogen (secondary N) is 1. The molecule has 0 aliphatic rings. The highest BCUT2D eigenvalue weighted by Gasteiger charge is 2.17. The van der Waals surface area contributed by atoms with Crippen molar-refractivity contribution < 1.29 is 14.8 Å². The first-order chi connectivity index (χ1) is 11.9. The van der Waals surface area contributed by atoms with Gasteiger partial charge in [-0.15, -0.1) is 10.2 Å². The summed E-state index contributed by atoms with van der Waals surface area (Å²) in [4.78, 5) is 22.6. The molecule has 0 aliphatic carbocycles. The molecule has 0 saturated carbocycles. The van der Waals surface area contributed by atoms with Crippen LogP contribution in [0.25, 0.3) is 0 Å². The summed E-state index contributed by atoms with van der Waals surface area (Å²) in [5, 5.41) is 30.8. The van der Waals surface area contributed by atoms with E-state index in [0.29, 0.717) is 5.69 Å². The zero-order valence-electron chi connectivity index (χ0n) is 13.0. The number of carbonyl (C=O) groups excluding carboxylic acids is 1. The molecule has 0 atom stereocenters. The summed E-state index contributed by atoms with van der Waals surface area (Å²) >= 11 is 5.72. The van der Waals surface area contributed by atoms with Gasteiger partial charge in [0.2, 0.25) is 0 Å². The number of rotatable bonds is 5. The molecule has 0 spiro atoms. The maximum Gasteiger partial charge on any atom is 0.298 e. The van der Waals surface area contributed by atoms with Gasteiger partial charge in [-0.3, -0.25) is 14.9 Å². The minimum atomic E-state index is -0.702. The van der Waals surface area contributed by atoms with Crippen LogP contribution >= 0.6 is 11.6 Å². The molecule has 9 heteroatoms.